The summed E-state index contributed by atoms with van der Waals surface area (Å²) in [4.78, 5) is 0. The molecule has 1 aromatic heterocycles. The van der Waals surface area contributed by atoms with E-state index in [-0.39, 0.29) is 0 Å². The second-order valence-corrected chi connectivity index (χ2v) is 5.11. The van der Waals surface area contributed by atoms with Crippen LogP contribution in [-0.4, -0.2) is 10.2 Å². The van der Waals surface area contributed by atoms with Crippen LogP contribution in [0, 0.1) is 6.92 Å². The summed E-state index contributed by atoms with van der Waals surface area (Å²) in [5, 5.41) is 7.13. The van der Waals surface area contributed by atoms with Crippen LogP contribution in [0.25, 0.3) is 0 Å². The van der Waals surface area contributed by atoms with Gasteiger partial charge in [-0.05, 0) is 25.3 Å². The van der Waals surface area contributed by atoms with E-state index in [4.69, 9.17) is 0 Å². The van der Waals surface area contributed by atoms with Gasteiger partial charge in [-0.3, -0.25) is 5.10 Å². The molecule has 0 aliphatic heterocycles. The average molecular weight is 236 g/mol. The summed E-state index contributed by atoms with van der Waals surface area (Å²) in [5.41, 5.74) is 2.64. The van der Waals surface area contributed by atoms with Gasteiger partial charge in [0.1, 0.15) is 0 Å². The van der Waals surface area contributed by atoms with Gasteiger partial charge in [0.05, 0.1) is 6.20 Å². The molecule has 0 saturated heterocycles. The van der Waals surface area contributed by atoms with Gasteiger partial charge >= 0.3 is 0 Å². The number of unbranched alkanes of at least 4 members (excludes halogenated alkanes) is 8. The van der Waals surface area contributed by atoms with Gasteiger partial charge < -0.3 is 0 Å². The van der Waals surface area contributed by atoms with Gasteiger partial charge in [-0.2, -0.15) is 5.10 Å². The van der Waals surface area contributed by atoms with Crippen molar-refractivity contribution in [3.8, 4) is 0 Å². The number of aryl methyl sites for hydroxylation is 2. The molecular weight excluding hydrogens is 208 g/mol. The van der Waals surface area contributed by atoms with E-state index in [9.17, 15) is 0 Å². The van der Waals surface area contributed by atoms with Crippen LogP contribution in [0.2, 0.25) is 0 Å². The van der Waals surface area contributed by atoms with E-state index in [1.54, 1.807) is 0 Å². The van der Waals surface area contributed by atoms with Crippen molar-refractivity contribution in [3.63, 3.8) is 0 Å². The first kappa shape index (κ1) is 14.3. The van der Waals surface area contributed by atoms with Crippen molar-refractivity contribution in [2.75, 3.05) is 0 Å². The lowest BCUT2D eigenvalue weighted by atomic mass is 10.1. The highest BCUT2D eigenvalue weighted by Crippen LogP contribution is 2.12. The number of nitrogens with one attached hydrogen (secondary N) is 1. The Hall–Kier alpha value is -0.790. The largest absolute Gasteiger partial charge is 0.282 e. The van der Waals surface area contributed by atoms with Crippen molar-refractivity contribution < 1.29 is 0 Å². The topological polar surface area (TPSA) is 28.7 Å². The molecule has 0 fully saturated rings. The Morgan fingerprint density at radius 2 is 1.53 bits per heavy atom. The van der Waals surface area contributed by atoms with Gasteiger partial charge in [0.15, 0.2) is 0 Å². The Labute approximate surface area is 106 Å². The Morgan fingerprint density at radius 3 is 2.06 bits per heavy atom. The van der Waals surface area contributed by atoms with Crippen LogP contribution in [-0.2, 0) is 6.42 Å². The monoisotopic (exact) mass is 236 g/mol. The van der Waals surface area contributed by atoms with E-state index in [1.807, 2.05) is 6.20 Å². The molecule has 0 saturated carbocycles. The van der Waals surface area contributed by atoms with Gasteiger partial charge in [0.25, 0.3) is 0 Å². The van der Waals surface area contributed by atoms with Crippen molar-refractivity contribution in [2.45, 2.75) is 78.1 Å². The minimum atomic E-state index is 1.17. The van der Waals surface area contributed by atoms with Gasteiger partial charge in [-0.1, -0.05) is 58.3 Å². The molecule has 2 heteroatoms. The van der Waals surface area contributed by atoms with Crippen LogP contribution in [0.15, 0.2) is 6.20 Å². The maximum absolute atomic E-state index is 4.05. The standard InChI is InChI=1S/C15H28N2/c1-3-4-5-6-7-8-9-10-11-12-15-14(2)13-16-17-15/h13H,3-12H2,1-2H3,(H,16,17). The Morgan fingerprint density at radius 1 is 0.941 bits per heavy atom. The molecule has 0 atom stereocenters. The fourth-order valence-corrected chi connectivity index (χ4v) is 2.24. The zero-order chi connectivity index (χ0) is 12.3. The van der Waals surface area contributed by atoms with Crippen LogP contribution < -0.4 is 0 Å². The van der Waals surface area contributed by atoms with Crippen LogP contribution >= 0.6 is 0 Å². The molecule has 0 unspecified atom stereocenters. The summed E-state index contributed by atoms with van der Waals surface area (Å²) in [6.45, 7) is 4.41. The van der Waals surface area contributed by atoms with Gasteiger partial charge in [-0.25, -0.2) is 0 Å². The molecule has 1 aromatic rings. The van der Waals surface area contributed by atoms with Crippen molar-refractivity contribution in [2.24, 2.45) is 0 Å². The summed E-state index contributed by atoms with van der Waals surface area (Å²) in [6, 6.07) is 0. The SMILES string of the molecule is CCCCCCCCCCCc1[nH]ncc1C. The Kier molecular flexibility index (Phi) is 7.78. The smallest absolute Gasteiger partial charge is 0.0519 e. The average Bonchev–Trinajstić information content (AvgIpc) is 2.73. The number of nitrogens with zero attached hydrogens (tertiary/aromatic N) is 1. The van der Waals surface area contributed by atoms with Crippen molar-refractivity contribution in [1.82, 2.24) is 10.2 Å². The molecule has 1 rings (SSSR count). The van der Waals surface area contributed by atoms with E-state index < -0.39 is 0 Å². The Balaban J connectivity index is 1.86. The third-order valence-corrected chi connectivity index (χ3v) is 3.46. The molecule has 0 bridgehead atoms. The minimum Gasteiger partial charge on any atom is -0.282 e. The van der Waals surface area contributed by atoms with Crippen molar-refractivity contribution in [3.05, 3.63) is 17.5 Å². The molecule has 1 N–H and O–H groups in total. The van der Waals surface area contributed by atoms with Gasteiger partial charge in [-0.15, -0.1) is 0 Å². The maximum Gasteiger partial charge on any atom is 0.0519 e. The first-order chi connectivity index (χ1) is 8.34. The zero-order valence-electron chi connectivity index (χ0n) is 11.6. The molecule has 0 aliphatic rings. The van der Waals surface area contributed by atoms with Gasteiger partial charge in [0.2, 0.25) is 0 Å². The fourth-order valence-electron chi connectivity index (χ4n) is 2.24. The lowest BCUT2D eigenvalue weighted by Crippen LogP contribution is -1.89. The van der Waals surface area contributed by atoms with E-state index in [0.29, 0.717) is 0 Å². The molecule has 0 amide bonds. The molecule has 98 valence electrons. The summed E-state index contributed by atoms with van der Waals surface area (Å²) in [6.07, 6.45) is 15.7. The highest BCUT2D eigenvalue weighted by molar-refractivity contribution is 5.13. The number of H-pyrrole nitrogens is 1. The second-order valence-electron chi connectivity index (χ2n) is 5.11. The van der Waals surface area contributed by atoms with E-state index in [2.05, 4.69) is 24.0 Å². The summed E-state index contributed by atoms with van der Waals surface area (Å²) >= 11 is 0. The second kappa shape index (κ2) is 9.26. The number of hydrogen-bond acceptors (Lipinski definition) is 1. The lowest BCUT2D eigenvalue weighted by Gasteiger charge is -2.02. The number of hydrogen-bond donors (Lipinski definition) is 1. The van der Waals surface area contributed by atoms with Crippen LogP contribution in [0.5, 0.6) is 0 Å². The predicted octanol–water partition coefficient (Wildman–Crippen LogP) is 4.79. The molecule has 0 aromatic carbocycles. The molecule has 17 heavy (non-hydrogen) atoms. The number of aromatic nitrogens is 2. The normalized spacial score (nSPS) is 10.9. The van der Waals surface area contributed by atoms with Crippen LogP contribution in [0.4, 0.5) is 0 Å². The number of rotatable bonds is 10. The zero-order valence-corrected chi connectivity index (χ0v) is 11.6. The Bertz CT molecular complexity index is 278. The van der Waals surface area contributed by atoms with Gasteiger partial charge in [0, 0.05) is 5.69 Å². The summed E-state index contributed by atoms with van der Waals surface area (Å²) in [5.74, 6) is 0. The third-order valence-electron chi connectivity index (χ3n) is 3.46. The van der Waals surface area contributed by atoms with Crippen LogP contribution in [0.3, 0.4) is 0 Å². The molecule has 0 spiro atoms. The summed E-state index contributed by atoms with van der Waals surface area (Å²) < 4.78 is 0. The maximum atomic E-state index is 4.05. The summed E-state index contributed by atoms with van der Waals surface area (Å²) in [7, 11) is 0. The van der Waals surface area contributed by atoms with Crippen molar-refractivity contribution in [1.29, 1.82) is 0 Å². The minimum absolute atomic E-state index is 1.17. The van der Waals surface area contributed by atoms with Crippen LogP contribution in [0.1, 0.15) is 76.0 Å². The van der Waals surface area contributed by atoms with Crippen molar-refractivity contribution >= 4 is 0 Å². The predicted molar refractivity (Wildman–Crippen MR) is 74.3 cm³/mol. The lowest BCUT2D eigenvalue weighted by molar-refractivity contribution is 0.563. The molecule has 0 radical (unpaired) electrons. The third kappa shape index (κ3) is 6.50. The highest BCUT2D eigenvalue weighted by atomic mass is 15.1. The fraction of sp³-hybridized carbons (Fsp3) is 0.800. The molecule has 2 nitrogen and oxygen atoms in total. The van der Waals surface area contributed by atoms with E-state index in [1.165, 1.54) is 75.5 Å². The van der Waals surface area contributed by atoms with E-state index >= 15 is 0 Å². The molecular formula is C15H28N2. The van der Waals surface area contributed by atoms with E-state index in [0.717, 1.165) is 0 Å². The molecule has 0 aliphatic carbocycles. The molecule has 1 heterocycles. The quantitative estimate of drug-likeness (QED) is 0.581. The first-order valence-corrected chi connectivity index (χ1v) is 7.33. The first-order valence-electron chi connectivity index (χ1n) is 7.33. The number of aromatic amines is 1. The highest BCUT2D eigenvalue weighted by Gasteiger charge is 1.99.